The largest absolute Gasteiger partial charge is 0.464 e. The maximum Gasteiger partial charge on any atom is 0.351 e. The first-order valence-corrected chi connectivity index (χ1v) is 15.1. The second-order valence-electron chi connectivity index (χ2n) is 11.1. The van der Waals surface area contributed by atoms with Crippen LogP contribution < -0.4 is 21.0 Å². The number of alkyl halides is 2. The number of nitrogens with one attached hydrogen (secondary N) is 1. The molecule has 1 saturated carbocycles. The van der Waals surface area contributed by atoms with E-state index in [9.17, 15) is 18.4 Å². The molecule has 2 aliphatic rings. The Morgan fingerprint density at radius 2 is 1.84 bits per heavy atom. The molecule has 3 atom stereocenters. The lowest BCUT2D eigenvalue weighted by Gasteiger charge is -2.21. The number of nitrogen functional groups attached to an aromatic ring is 1. The molecule has 242 valence electrons. The zero-order chi connectivity index (χ0) is 31.9. The Balaban J connectivity index is 0.000000549. The number of nitrogens with two attached hydrogens (primary N) is 1. The number of hydrogen-bond donors (Lipinski definition) is 4. The van der Waals surface area contributed by atoms with Crippen LogP contribution in [0.1, 0.15) is 65.5 Å². The maximum absolute atomic E-state index is 12.1. The quantitative estimate of drug-likeness (QED) is 0.169. The van der Waals surface area contributed by atoms with Gasteiger partial charge in [0.25, 0.3) is 0 Å². The van der Waals surface area contributed by atoms with Crippen LogP contribution in [0.2, 0.25) is 0 Å². The van der Waals surface area contributed by atoms with Crippen LogP contribution in [0, 0.1) is 5.41 Å². The Morgan fingerprint density at radius 3 is 2.40 bits per heavy atom. The average molecular weight is 633 g/mol. The van der Waals surface area contributed by atoms with Crippen LogP contribution in [0.5, 0.6) is 5.75 Å². The molecule has 3 unspecified atom stereocenters. The average Bonchev–Trinajstić information content (AvgIpc) is 3.58. The molecular weight excluding hydrogens is 589 g/mol. The summed E-state index contributed by atoms with van der Waals surface area (Å²) in [4.78, 5) is 27.9. The molecule has 2 aromatic rings. The van der Waals surface area contributed by atoms with Gasteiger partial charge < -0.3 is 34.5 Å². The van der Waals surface area contributed by atoms with Gasteiger partial charge in [0.05, 0.1) is 19.3 Å². The van der Waals surface area contributed by atoms with Crippen LogP contribution in [0.25, 0.3) is 0 Å². The number of halogens is 2. The van der Waals surface area contributed by atoms with Crippen LogP contribution >= 0.6 is 8.53 Å². The molecule has 5 N–H and O–H groups in total. The van der Waals surface area contributed by atoms with E-state index in [0.29, 0.717) is 38.0 Å². The third kappa shape index (κ3) is 15.0. The molecule has 2 heterocycles. The summed E-state index contributed by atoms with van der Waals surface area (Å²) < 4.78 is 43.8. The molecule has 4 rings (SSSR count). The predicted octanol–water partition coefficient (Wildman–Crippen LogP) is 4.13. The molecule has 2 fully saturated rings. The summed E-state index contributed by atoms with van der Waals surface area (Å²) in [6.07, 6.45) is 5.31. The Hall–Kier alpha value is -2.74. The molecule has 1 saturated heterocycles. The van der Waals surface area contributed by atoms with Crippen molar-refractivity contribution >= 4 is 20.3 Å². The molecule has 43 heavy (non-hydrogen) atoms. The van der Waals surface area contributed by atoms with E-state index in [4.69, 9.17) is 34.5 Å². The van der Waals surface area contributed by atoms with Crippen molar-refractivity contribution in [3.8, 4) is 5.75 Å². The highest BCUT2D eigenvalue weighted by atomic mass is 31.2. The van der Waals surface area contributed by atoms with Crippen LogP contribution in [0.15, 0.2) is 47.4 Å². The monoisotopic (exact) mass is 632 g/mol. The summed E-state index contributed by atoms with van der Waals surface area (Å²) in [6, 6.07) is 10.8. The molecule has 0 bridgehead atoms. The van der Waals surface area contributed by atoms with Gasteiger partial charge in [-0.15, -0.1) is 0 Å². The van der Waals surface area contributed by atoms with E-state index in [1.165, 1.54) is 4.57 Å². The van der Waals surface area contributed by atoms with Crippen molar-refractivity contribution in [2.75, 3.05) is 32.4 Å². The first-order chi connectivity index (χ1) is 20.3. The zero-order valence-electron chi connectivity index (χ0n) is 24.8. The molecule has 0 amide bonds. The lowest BCUT2D eigenvalue weighted by atomic mass is 9.99. The molecule has 12 nitrogen and oxygen atoms in total. The number of nitrogens with zero attached hydrogens (tertiary/aromatic N) is 2. The SMILES string of the molecule is CC(C)(C)COC(=O)CNP(OCC1CCC(n2ccc(N)nc2=O)O1)Oc1ccccc1.FCF.OC1(O)CCCC1. The van der Waals surface area contributed by atoms with Crippen LogP contribution in [-0.2, 0) is 18.8 Å². The van der Waals surface area contributed by atoms with Crippen LogP contribution in [0.4, 0.5) is 14.6 Å². The lowest BCUT2D eigenvalue weighted by Crippen LogP contribution is -2.28. The minimum absolute atomic E-state index is 0.0464. The first-order valence-electron chi connectivity index (χ1n) is 13.9. The number of carbonyl (C=O) groups excluding carboxylic acids is 1. The molecule has 0 spiro atoms. The number of aromatic nitrogens is 2. The van der Waals surface area contributed by atoms with Gasteiger partial charge in [0.15, 0.2) is 5.79 Å². The predicted molar refractivity (Wildman–Crippen MR) is 157 cm³/mol. The second kappa shape index (κ2) is 18.2. The zero-order valence-corrected chi connectivity index (χ0v) is 25.7. The topological polar surface area (TPSA) is 167 Å². The molecular formula is C28H43F2N4O8P. The third-order valence-electron chi connectivity index (χ3n) is 5.98. The second-order valence-corrected chi connectivity index (χ2v) is 12.4. The van der Waals surface area contributed by atoms with E-state index in [1.54, 1.807) is 24.4 Å². The van der Waals surface area contributed by atoms with E-state index >= 15 is 0 Å². The van der Waals surface area contributed by atoms with Gasteiger partial charge in [-0.1, -0.05) is 39.0 Å². The normalized spacial score (nSPS) is 19.8. The maximum atomic E-state index is 12.1. The van der Waals surface area contributed by atoms with E-state index in [2.05, 4.69) is 10.1 Å². The number of anilines is 1. The molecule has 15 heteroatoms. The fourth-order valence-corrected chi connectivity index (χ4v) is 4.99. The van der Waals surface area contributed by atoms with Crippen LogP contribution in [0.3, 0.4) is 0 Å². The Morgan fingerprint density at radius 1 is 1.19 bits per heavy atom. The molecule has 1 aliphatic carbocycles. The Labute approximate surface area is 251 Å². The van der Waals surface area contributed by atoms with Gasteiger partial charge in [-0.25, -0.2) is 18.7 Å². The standard InChI is InChI=1S/C22H31N4O6P.C5H10O2.CH2F2/c1-22(2,3)15-29-20(27)13-24-33(32-16-7-5-4-6-8-16)30-14-17-9-10-19(31-17)26-12-11-18(23)25-21(26)28;6-5(7)3-1-2-4-5;2-1-3/h4-8,11-12,17,19,24H,9-10,13-15H2,1-3H3,(H2,23,25,28);6-7H,1-4H2;1H2. The number of esters is 1. The fourth-order valence-electron chi connectivity index (χ4n) is 3.91. The highest BCUT2D eigenvalue weighted by Gasteiger charge is 2.29. The van der Waals surface area contributed by atoms with Crippen molar-refractivity contribution in [3.05, 3.63) is 53.1 Å². The van der Waals surface area contributed by atoms with E-state index in [0.717, 1.165) is 12.8 Å². The van der Waals surface area contributed by atoms with Crippen molar-refractivity contribution < 1.29 is 42.3 Å². The minimum atomic E-state index is -1.75. The summed E-state index contributed by atoms with van der Waals surface area (Å²) in [7, 11) is -1.63. The molecule has 0 radical (unpaired) electrons. The lowest BCUT2D eigenvalue weighted by molar-refractivity contribution is -0.152. The summed E-state index contributed by atoms with van der Waals surface area (Å²) in [5.74, 6) is -0.904. The van der Waals surface area contributed by atoms with Gasteiger partial charge in [0.2, 0.25) is 6.93 Å². The first kappa shape index (κ1) is 36.5. The van der Waals surface area contributed by atoms with Crippen molar-refractivity contribution in [3.63, 3.8) is 0 Å². The highest BCUT2D eigenvalue weighted by Crippen LogP contribution is 2.37. The van der Waals surface area contributed by atoms with Gasteiger partial charge in [0.1, 0.15) is 24.3 Å². The number of hydrogen-bond acceptors (Lipinski definition) is 11. The third-order valence-corrected chi connectivity index (χ3v) is 7.16. The van der Waals surface area contributed by atoms with Crippen molar-refractivity contribution in [2.24, 2.45) is 5.41 Å². The fraction of sp³-hybridized carbons (Fsp3) is 0.607. The number of para-hydroxylation sites is 1. The Kier molecular flexibility index (Phi) is 15.4. The summed E-state index contributed by atoms with van der Waals surface area (Å²) >= 11 is 0. The van der Waals surface area contributed by atoms with Crippen molar-refractivity contribution in [2.45, 2.75) is 77.4 Å². The number of aliphatic hydroxyl groups is 2. The molecule has 1 aliphatic heterocycles. The summed E-state index contributed by atoms with van der Waals surface area (Å²) in [6.45, 7) is 4.73. The van der Waals surface area contributed by atoms with Gasteiger partial charge in [-0.2, -0.15) is 4.98 Å². The minimum Gasteiger partial charge on any atom is -0.464 e. The molecule has 1 aromatic heterocycles. The van der Waals surface area contributed by atoms with Gasteiger partial charge in [-0.05, 0) is 49.3 Å². The summed E-state index contributed by atoms with van der Waals surface area (Å²) in [5, 5.41) is 20.5. The van der Waals surface area contributed by atoms with Crippen molar-refractivity contribution in [1.82, 2.24) is 14.6 Å². The van der Waals surface area contributed by atoms with E-state index in [1.807, 2.05) is 39.0 Å². The highest BCUT2D eigenvalue weighted by molar-refractivity contribution is 7.45. The smallest absolute Gasteiger partial charge is 0.351 e. The van der Waals surface area contributed by atoms with Gasteiger partial charge >= 0.3 is 20.2 Å². The number of carbonyl (C=O) groups is 1. The molecule has 1 aromatic carbocycles. The number of ether oxygens (including phenoxy) is 2. The Bertz CT molecular complexity index is 1150. The van der Waals surface area contributed by atoms with E-state index < -0.39 is 33.2 Å². The number of benzene rings is 1. The summed E-state index contributed by atoms with van der Waals surface area (Å²) in [5.41, 5.74) is 4.98. The van der Waals surface area contributed by atoms with Gasteiger partial charge in [0, 0.05) is 19.0 Å². The van der Waals surface area contributed by atoms with Crippen LogP contribution in [-0.4, -0.2) is 64.3 Å². The number of rotatable bonds is 10. The van der Waals surface area contributed by atoms with E-state index in [-0.39, 0.29) is 36.5 Å². The van der Waals surface area contributed by atoms with Gasteiger partial charge in [-0.3, -0.25) is 9.36 Å². The van der Waals surface area contributed by atoms with Crippen molar-refractivity contribution in [1.29, 1.82) is 0 Å².